The van der Waals surface area contributed by atoms with E-state index >= 15 is 0 Å². The zero-order valence-electron chi connectivity index (χ0n) is 8.49. The molecule has 0 heterocycles. The minimum atomic E-state index is -4.34. The number of hydrogen-bond donors (Lipinski definition) is 0. The van der Waals surface area contributed by atoms with Gasteiger partial charge in [-0.15, -0.1) is 11.6 Å². The Hall–Kier alpha value is -0.510. The van der Waals surface area contributed by atoms with Gasteiger partial charge in [0.05, 0.1) is 10.8 Å². The number of hydrogen-bond acceptors (Lipinski definition) is 1. The molecule has 0 aromatic rings. The van der Waals surface area contributed by atoms with Crippen LogP contribution >= 0.6 is 11.6 Å². The van der Waals surface area contributed by atoms with Gasteiger partial charge in [0, 0.05) is 0 Å². The van der Waals surface area contributed by atoms with Crippen molar-refractivity contribution in [1.82, 2.24) is 0 Å². The fourth-order valence-electron chi connectivity index (χ4n) is 1.57. The molecule has 86 valence electrons. The first-order chi connectivity index (χ1) is 6.68. The van der Waals surface area contributed by atoms with Crippen molar-refractivity contribution in [3.8, 4) is 0 Å². The second-order valence-electron chi connectivity index (χ2n) is 4.07. The van der Waals surface area contributed by atoms with E-state index in [1.54, 1.807) is 0 Å². The van der Waals surface area contributed by atoms with Crippen molar-refractivity contribution in [3.05, 3.63) is 11.6 Å². The zero-order valence-corrected chi connectivity index (χ0v) is 9.24. The Morgan fingerprint density at radius 3 is 2.47 bits per heavy atom. The Morgan fingerprint density at radius 1 is 1.60 bits per heavy atom. The first-order valence-electron chi connectivity index (χ1n) is 4.61. The highest BCUT2D eigenvalue weighted by molar-refractivity contribution is 6.23. The lowest BCUT2D eigenvalue weighted by Crippen LogP contribution is -2.44. The first kappa shape index (κ1) is 12.6. The number of carbonyl (C=O) groups excluding carboxylic acids is 1. The lowest BCUT2D eigenvalue weighted by Gasteiger charge is -2.38. The van der Waals surface area contributed by atoms with Crippen LogP contribution in [0.4, 0.5) is 13.2 Å². The predicted molar refractivity (Wildman–Crippen MR) is 51.8 cm³/mol. The third-order valence-corrected chi connectivity index (χ3v) is 3.58. The molecule has 15 heavy (non-hydrogen) atoms. The Balaban J connectivity index is 2.99. The van der Waals surface area contributed by atoms with Crippen LogP contribution in [-0.2, 0) is 4.79 Å². The molecule has 0 aromatic carbocycles. The lowest BCUT2D eigenvalue weighted by molar-refractivity contribution is -0.218. The smallest absolute Gasteiger partial charge is 0.295 e. The number of allylic oxidation sites excluding steroid dienone is 2. The maximum Gasteiger partial charge on any atom is 0.395 e. The van der Waals surface area contributed by atoms with Crippen molar-refractivity contribution in [3.63, 3.8) is 0 Å². The average Bonchev–Trinajstić information content (AvgIpc) is 2.07. The van der Waals surface area contributed by atoms with E-state index in [1.165, 1.54) is 13.0 Å². The van der Waals surface area contributed by atoms with Crippen molar-refractivity contribution in [2.24, 2.45) is 5.41 Å². The summed E-state index contributed by atoms with van der Waals surface area (Å²) in [4.78, 5) is 11.0. The SMILES string of the molecule is CC(=O)C1=CC(Cl)C(C)(C(F)(F)F)CC1. The van der Waals surface area contributed by atoms with E-state index < -0.39 is 17.0 Å². The van der Waals surface area contributed by atoms with Gasteiger partial charge < -0.3 is 0 Å². The maximum atomic E-state index is 12.7. The van der Waals surface area contributed by atoms with Crippen LogP contribution in [0.3, 0.4) is 0 Å². The van der Waals surface area contributed by atoms with Gasteiger partial charge >= 0.3 is 6.18 Å². The summed E-state index contributed by atoms with van der Waals surface area (Å²) >= 11 is 5.70. The summed E-state index contributed by atoms with van der Waals surface area (Å²) < 4.78 is 38.1. The molecule has 0 saturated heterocycles. The van der Waals surface area contributed by atoms with Gasteiger partial charge in [0.15, 0.2) is 5.78 Å². The number of alkyl halides is 4. The molecule has 0 N–H and O–H groups in total. The highest BCUT2D eigenvalue weighted by Crippen LogP contribution is 2.50. The Bertz CT molecular complexity index is 308. The van der Waals surface area contributed by atoms with Crippen LogP contribution in [-0.4, -0.2) is 17.3 Å². The van der Waals surface area contributed by atoms with Crippen LogP contribution in [0.2, 0.25) is 0 Å². The zero-order chi connectivity index (χ0) is 11.9. The molecule has 0 bridgehead atoms. The average molecular weight is 241 g/mol. The van der Waals surface area contributed by atoms with Crippen molar-refractivity contribution in [2.45, 2.75) is 38.2 Å². The molecular formula is C10H12ClF3O. The van der Waals surface area contributed by atoms with Gasteiger partial charge in [0.2, 0.25) is 0 Å². The van der Waals surface area contributed by atoms with Crippen LogP contribution in [0, 0.1) is 5.41 Å². The van der Waals surface area contributed by atoms with E-state index in [1.807, 2.05) is 0 Å². The van der Waals surface area contributed by atoms with Crippen LogP contribution in [0.25, 0.3) is 0 Å². The van der Waals surface area contributed by atoms with Crippen LogP contribution in [0.15, 0.2) is 11.6 Å². The minimum absolute atomic E-state index is 0.129. The highest BCUT2D eigenvalue weighted by atomic mass is 35.5. The van der Waals surface area contributed by atoms with Crippen LogP contribution in [0.1, 0.15) is 26.7 Å². The molecule has 2 unspecified atom stereocenters. The standard InChI is InChI=1S/C10H12ClF3O/c1-6(15)7-3-4-9(2,8(11)5-7)10(12,13)14/h5,8H,3-4H2,1-2H3. The normalized spacial score (nSPS) is 32.4. The molecule has 0 amide bonds. The third-order valence-electron chi connectivity index (χ3n) is 2.97. The Morgan fingerprint density at radius 2 is 2.13 bits per heavy atom. The van der Waals surface area contributed by atoms with Crippen LogP contribution in [0.5, 0.6) is 0 Å². The monoisotopic (exact) mass is 240 g/mol. The number of ketones is 1. The summed E-state index contributed by atoms with van der Waals surface area (Å²) in [6, 6.07) is 0. The third kappa shape index (κ3) is 2.19. The van der Waals surface area contributed by atoms with Gasteiger partial charge in [0.1, 0.15) is 0 Å². The minimum Gasteiger partial charge on any atom is -0.295 e. The van der Waals surface area contributed by atoms with Gasteiger partial charge in [-0.3, -0.25) is 4.79 Å². The van der Waals surface area contributed by atoms with Crippen molar-refractivity contribution in [2.75, 3.05) is 0 Å². The second kappa shape index (κ2) is 3.81. The van der Waals surface area contributed by atoms with Gasteiger partial charge in [0.25, 0.3) is 0 Å². The summed E-state index contributed by atoms with van der Waals surface area (Å²) in [7, 11) is 0. The van der Waals surface area contributed by atoms with Gasteiger partial charge in [-0.25, -0.2) is 0 Å². The number of rotatable bonds is 1. The van der Waals surface area contributed by atoms with Gasteiger partial charge in [-0.05, 0) is 32.3 Å². The van der Waals surface area contributed by atoms with E-state index in [4.69, 9.17) is 11.6 Å². The summed E-state index contributed by atoms with van der Waals surface area (Å²) in [6.07, 6.45) is -3.08. The molecule has 2 atom stereocenters. The van der Waals surface area contributed by atoms with E-state index in [-0.39, 0.29) is 18.6 Å². The summed E-state index contributed by atoms with van der Waals surface area (Å²) in [5.74, 6) is -0.204. The van der Waals surface area contributed by atoms with Crippen molar-refractivity contribution >= 4 is 17.4 Å². The fraction of sp³-hybridized carbons (Fsp3) is 0.700. The first-order valence-corrected chi connectivity index (χ1v) is 5.04. The highest BCUT2D eigenvalue weighted by Gasteiger charge is 2.55. The fourth-order valence-corrected chi connectivity index (χ4v) is 1.95. The molecule has 0 aromatic heterocycles. The molecule has 5 heteroatoms. The molecule has 0 spiro atoms. The molecule has 0 aliphatic heterocycles. The Kier molecular flexibility index (Phi) is 3.19. The predicted octanol–water partition coefficient (Wildman–Crippen LogP) is 3.47. The lowest BCUT2D eigenvalue weighted by atomic mass is 9.75. The van der Waals surface area contributed by atoms with Crippen molar-refractivity contribution < 1.29 is 18.0 Å². The molecule has 1 nitrogen and oxygen atoms in total. The summed E-state index contributed by atoms with van der Waals surface area (Å²) in [6.45, 7) is 2.43. The van der Waals surface area contributed by atoms with E-state index in [0.29, 0.717) is 5.57 Å². The number of halogens is 4. The maximum absolute atomic E-state index is 12.7. The topological polar surface area (TPSA) is 17.1 Å². The van der Waals surface area contributed by atoms with Crippen LogP contribution < -0.4 is 0 Å². The molecule has 0 fully saturated rings. The van der Waals surface area contributed by atoms with E-state index in [0.717, 1.165) is 6.92 Å². The molecule has 1 aliphatic carbocycles. The Labute approximate surface area is 91.3 Å². The summed E-state index contributed by atoms with van der Waals surface area (Å²) in [5, 5.41) is -1.16. The molecular weight excluding hydrogens is 229 g/mol. The summed E-state index contributed by atoms with van der Waals surface area (Å²) in [5.41, 5.74) is -1.52. The molecule has 1 aliphatic rings. The largest absolute Gasteiger partial charge is 0.395 e. The number of Topliss-reactive ketones (excluding diaryl/α,β-unsaturated/α-hetero) is 1. The van der Waals surface area contributed by atoms with E-state index in [2.05, 4.69) is 0 Å². The van der Waals surface area contributed by atoms with Gasteiger partial charge in [-0.2, -0.15) is 13.2 Å². The molecule has 1 rings (SSSR count). The molecule has 0 radical (unpaired) electrons. The van der Waals surface area contributed by atoms with E-state index in [9.17, 15) is 18.0 Å². The van der Waals surface area contributed by atoms with Gasteiger partial charge in [-0.1, -0.05) is 6.08 Å². The number of carbonyl (C=O) groups is 1. The second-order valence-corrected chi connectivity index (χ2v) is 4.54. The van der Waals surface area contributed by atoms with Crippen molar-refractivity contribution in [1.29, 1.82) is 0 Å². The quantitative estimate of drug-likeness (QED) is 0.642. The molecule has 0 saturated carbocycles.